The smallest absolute Gasteiger partial charge is 0.258 e. The van der Waals surface area contributed by atoms with Gasteiger partial charge in [0, 0.05) is 17.5 Å². The first kappa shape index (κ1) is 15.8. The summed E-state index contributed by atoms with van der Waals surface area (Å²) in [6, 6.07) is 2.99. The molecular formula is C13H20N2O3S2. The topological polar surface area (TPSA) is 79.3 Å². The van der Waals surface area contributed by atoms with Gasteiger partial charge in [-0.25, -0.2) is 18.1 Å². The zero-order valence-corrected chi connectivity index (χ0v) is 13.1. The molecule has 1 aromatic heterocycles. The molecule has 0 saturated heterocycles. The lowest BCUT2D eigenvalue weighted by Crippen LogP contribution is -2.43. The summed E-state index contributed by atoms with van der Waals surface area (Å²) in [5.74, 6) is 0. The van der Waals surface area contributed by atoms with Crippen LogP contribution in [0, 0.1) is 0 Å². The van der Waals surface area contributed by atoms with Crippen molar-refractivity contribution < 1.29 is 13.5 Å². The third-order valence-electron chi connectivity index (χ3n) is 3.57. The number of aromatic nitrogens is 1. The average Bonchev–Trinajstić information content (AvgIpc) is 2.47. The fourth-order valence-corrected chi connectivity index (χ4v) is 4.70. The van der Waals surface area contributed by atoms with E-state index in [1.807, 2.05) is 6.26 Å². The molecule has 0 radical (unpaired) electrons. The number of aliphatic hydroxyl groups is 1. The maximum atomic E-state index is 12.3. The molecule has 0 spiro atoms. The molecule has 2 rings (SSSR count). The highest BCUT2D eigenvalue weighted by atomic mass is 32.2. The van der Waals surface area contributed by atoms with Crippen LogP contribution in [-0.2, 0) is 16.6 Å². The Hall–Kier alpha value is -0.630. The summed E-state index contributed by atoms with van der Waals surface area (Å²) in [7, 11) is -3.58. The average molecular weight is 316 g/mol. The van der Waals surface area contributed by atoms with Crippen LogP contribution in [0.5, 0.6) is 0 Å². The number of hydrogen-bond acceptors (Lipinski definition) is 5. The number of thioether (sulfide) groups is 1. The number of aliphatic hydroxyl groups excluding tert-OH is 1. The fraction of sp³-hybridized carbons (Fsp3) is 0.615. The standard InChI is InChI=1S/C13H20N2O3S2/c1-19-12-5-3-2-4-11(12)15-20(17,18)13-7-6-10(9-16)8-14-13/h6-8,11-12,15-16H,2-5,9H2,1H3. The molecule has 112 valence electrons. The molecule has 0 aromatic carbocycles. The monoisotopic (exact) mass is 316 g/mol. The van der Waals surface area contributed by atoms with Crippen LogP contribution < -0.4 is 4.72 Å². The Kier molecular flexibility index (Phi) is 5.42. The van der Waals surface area contributed by atoms with E-state index in [4.69, 9.17) is 5.11 Å². The quantitative estimate of drug-likeness (QED) is 0.861. The first-order valence-corrected chi connectivity index (χ1v) is 9.45. The van der Waals surface area contributed by atoms with Crippen molar-refractivity contribution in [2.75, 3.05) is 6.26 Å². The van der Waals surface area contributed by atoms with E-state index < -0.39 is 10.0 Å². The SMILES string of the molecule is CSC1CCCCC1NS(=O)(=O)c1ccc(CO)cn1. The first-order valence-electron chi connectivity index (χ1n) is 6.67. The predicted octanol–water partition coefficient (Wildman–Crippen LogP) is 1.53. The van der Waals surface area contributed by atoms with Crippen molar-refractivity contribution in [3.8, 4) is 0 Å². The molecule has 0 aliphatic heterocycles. The van der Waals surface area contributed by atoms with E-state index in [1.54, 1.807) is 17.8 Å². The van der Waals surface area contributed by atoms with Gasteiger partial charge >= 0.3 is 0 Å². The number of sulfonamides is 1. The molecule has 1 aliphatic carbocycles. The van der Waals surface area contributed by atoms with Crippen molar-refractivity contribution in [1.82, 2.24) is 9.71 Å². The Balaban J connectivity index is 2.12. The number of nitrogens with one attached hydrogen (secondary N) is 1. The lowest BCUT2D eigenvalue weighted by molar-refractivity contribution is 0.281. The van der Waals surface area contributed by atoms with Crippen LogP contribution in [0.2, 0.25) is 0 Å². The molecule has 1 saturated carbocycles. The molecular weight excluding hydrogens is 296 g/mol. The van der Waals surface area contributed by atoms with Crippen LogP contribution in [0.1, 0.15) is 31.2 Å². The molecule has 1 fully saturated rings. The third-order valence-corrected chi connectivity index (χ3v) is 6.14. The highest BCUT2D eigenvalue weighted by molar-refractivity contribution is 7.99. The lowest BCUT2D eigenvalue weighted by atomic mass is 9.96. The van der Waals surface area contributed by atoms with Gasteiger partial charge in [-0.2, -0.15) is 11.8 Å². The van der Waals surface area contributed by atoms with E-state index in [0.29, 0.717) is 10.8 Å². The summed E-state index contributed by atoms with van der Waals surface area (Å²) in [5.41, 5.74) is 0.601. The maximum absolute atomic E-state index is 12.3. The van der Waals surface area contributed by atoms with Crippen molar-refractivity contribution in [2.24, 2.45) is 0 Å². The number of nitrogens with zero attached hydrogens (tertiary/aromatic N) is 1. The van der Waals surface area contributed by atoms with Crippen LogP contribution in [0.25, 0.3) is 0 Å². The van der Waals surface area contributed by atoms with Gasteiger partial charge in [0.25, 0.3) is 10.0 Å². The van der Waals surface area contributed by atoms with E-state index in [-0.39, 0.29) is 17.7 Å². The molecule has 5 nitrogen and oxygen atoms in total. The summed E-state index contributed by atoms with van der Waals surface area (Å²) >= 11 is 1.72. The Labute approximate surface area is 124 Å². The molecule has 0 bridgehead atoms. The van der Waals surface area contributed by atoms with Crippen molar-refractivity contribution in [3.05, 3.63) is 23.9 Å². The Morgan fingerprint density at radius 3 is 2.75 bits per heavy atom. The van der Waals surface area contributed by atoms with Crippen LogP contribution in [0.3, 0.4) is 0 Å². The number of pyridine rings is 1. The van der Waals surface area contributed by atoms with Crippen molar-refractivity contribution >= 4 is 21.8 Å². The van der Waals surface area contributed by atoms with Crippen molar-refractivity contribution in [2.45, 2.75) is 48.6 Å². The van der Waals surface area contributed by atoms with Crippen LogP contribution in [0.4, 0.5) is 0 Å². The maximum Gasteiger partial charge on any atom is 0.258 e. The van der Waals surface area contributed by atoms with E-state index in [2.05, 4.69) is 9.71 Å². The summed E-state index contributed by atoms with van der Waals surface area (Å²) in [4.78, 5) is 3.92. The van der Waals surface area contributed by atoms with Gasteiger partial charge < -0.3 is 5.11 Å². The minimum absolute atomic E-state index is 0.0140. The highest BCUT2D eigenvalue weighted by Gasteiger charge is 2.29. The van der Waals surface area contributed by atoms with Gasteiger partial charge in [0.15, 0.2) is 5.03 Å². The van der Waals surface area contributed by atoms with Crippen molar-refractivity contribution in [1.29, 1.82) is 0 Å². The largest absolute Gasteiger partial charge is 0.392 e. The van der Waals surface area contributed by atoms with Crippen LogP contribution in [-0.4, -0.2) is 36.1 Å². The van der Waals surface area contributed by atoms with Gasteiger partial charge in [-0.05, 0) is 30.7 Å². The molecule has 2 unspecified atom stereocenters. The van der Waals surface area contributed by atoms with Gasteiger partial charge in [-0.1, -0.05) is 18.9 Å². The Morgan fingerprint density at radius 2 is 2.15 bits per heavy atom. The number of hydrogen-bond donors (Lipinski definition) is 2. The van der Waals surface area contributed by atoms with Crippen LogP contribution >= 0.6 is 11.8 Å². The molecule has 2 N–H and O–H groups in total. The first-order chi connectivity index (χ1) is 9.56. The molecule has 2 atom stereocenters. The Bertz CT molecular complexity index is 531. The van der Waals surface area contributed by atoms with E-state index in [0.717, 1.165) is 25.7 Å². The third kappa shape index (κ3) is 3.72. The predicted molar refractivity (Wildman–Crippen MR) is 80.0 cm³/mol. The van der Waals surface area contributed by atoms with Crippen LogP contribution in [0.15, 0.2) is 23.4 Å². The molecule has 7 heteroatoms. The Morgan fingerprint density at radius 1 is 1.40 bits per heavy atom. The highest BCUT2D eigenvalue weighted by Crippen LogP contribution is 2.28. The second-order valence-corrected chi connectivity index (χ2v) is 7.69. The zero-order chi connectivity index (χ0) is 14.6. The molecule has 1 aliphatic rings. The molecule has 0 amide bonds. The van der Waals surface area contributed by atoms with E-state index in [1.165, 1.54) is 12.3 Å². The molecule has 1 heterocycles. The van der Waals surface area contributed by atoms with Gasteiger partial charge in [-0.15, -0.1) is 0 Å². The second-order valence-electron chi connectivity index (χ2n) is 4.95. The van der Waals surface area contributed by atoms with Crippen molar-refractivity contribution in [3.63, 3.8) is 0 Å². The fourth-order valence-electron chi connectivity index (χ4n) is 2.44. The van der Waals surface area contributed by atoms with E-state index in [9.17, 15) is 8.42 Å². The lowest BCUT2D eigenvalue weighted by Gasteiger charge is -2.30. The second kappa shape index (κ2) is 6.89. The summed E-state index contributed by atoms with van der Waals surface area (Å²) in [6.45, 7) is -0.141. The van der Waals surface area contributed by atoms with Gasteiger partial charge in [0.2, 0.25) is 0 Å². The van der Waals surface area contributed by atoms with Gasteiger partial charge in [-0.3, -0.25) is 0 Å². The summed E-state index contributed by atoms with van der Waals surface area (Å²) in [5, 5.41) is 9.29. The van der Waals surface area contributed by atoms with Gasteiger partial charge in [0.05, 0.1) is 6.61 Å². The molecule has 20 heavy (non-hydrogen) atoms. The van der Waals surface area contributed by atoms with E-state index >= 15 is 0 Å². The normalized spacial score (nSPS) is 23.7. The summed E-state index contributed by atoms with van der Waals surface area (Å²) < 4.78 is 27.4. The van der Waals surface area contributed by atoms with Gasteiger partial charge in [0.1, 0.15) is 0 Å². The minimum Gasteiger partial charge on any atom is -0.392 e. The zero-order valence-electron chi connectivity index (χ0n) is 11.4. The minimum atomic E-state index is -3.58. The number of rotatable bonds is 5. The summed E-state index contributed by atoms with van der Waals surface area (Å²) in [6.07, 6.45) is 7.55. The molecule has 1 aromatic rings.